The van der Waals surface area contributed by atoms with Gasteiger partial charge in [0, 0.05) is 87.6 Å². The fourth-order valence-electron chi connectivity index (χ4n) is 7.78. The summed E-state index contributed by atoms with van der Waals surface area (Å²) in [6.45, 7) is 34.1. The number of nitriles is 5. The van der Waals surface area contributed by atoms with Crippen molar-refractivity contribution in [1.82, 2.24) is 20.9 Å². The maximum atomic E-state index is 9.96. The van der Waals surface area contributed by atoms with E-state index in [0.29, 0.717) is 112 Å². The summed E-state index contributed by atoms with van der Waals surface area (Å²) >= 11 is 0. The Balaban J connectivity index is 1.63. The zero-order chi connectivity index (χ0) is 50.9. The van der Waals surface area contributed by atoms with Gasteiger partial charge in [0.1, 0.15) is 23.8 Å². The highest BCUT2D eigenvalue weighted by molar-refractivity contribution is 5.57. The Kier molecular flexibility index (Phi) is 27.2. The molecule has 0 aromatic heterocycles. The van der Waals surface area contributed by atoms with Gasteiger partial charge in [0.05, 0.1) is 142 Å². The van der Waals surface area contributed by atoms with E-state index in [0.717, 1.165) is 0 Å². The van der Waals surface area contributed by atoms with E-state index < -0.39 is 18.3 Å². The van der Waals surface area contributed by atoms with Crippen LogP contribution in [0.4, 0.5) is 0 Å². The van der Waals surface area contributed by atoms with Crippen LogP contribution in [0.2, 0.25) is 0 Å². The molecule has 3 aliphatic carbocycles. The summed E-state index contributed by atoms with van der Waals surface area (Å²) in [5, 5.41) is 85.6. The summed E-state index contributed by atoms with van der Waals surface area (Å²) in [5.41, 5.74) is 2.53. The molecule has 22 nitrogen and oxygen atoms in total. The molecule has 0 amide bonds. The van der Waals surface area contributed by atoms with Crippen molar-refractivity contribution in [1.29, 1.82) is 26.3 Å². The SMILES string of the molecule is [C-]#[N+]C1=C(NCCOCCN(CCOCCNC2=C(C#N)C(=C(C#N)C#N)CC(OCCO)C2)CCOCCNC2=C([N+]#[C-])/C(=C(/C#N)[N+]#[C-])CC(OCCO)C2)CC(OCCO)C/C1=C(\C#N)[N+]#[C-]. The van der Waals surface area contributed by atoms with E-state index in [1.165, 1.54) is 0 Å². The zero-order valence-corrected chi connectivity index (χ0v) is 39.0. The van der Waals surface area contributed by atoms with Crippen molar-refractivity contribution >= 4 is 0 Å². The number of hydrogen-bond acceptors (Lipinski definition) is 18. The van der Waals surface area contributed by atoms with Crippen molar-refractivity contribution in [2.75, 3.05) is 119 Å². The summed E-state index contributed by atoms with van der Waals surface area (Å²) in [6.07, 6.45) is 0.234. The molecule has 0 heterocycles. The predicted octanol–water partition coefficient (Wildman–Crippen LogP) is 2.40. The number of aliphatic hydroxyl groups excluding tert-OH is 3. The first-order valence-corrected chi connectivity index (χ1v) is 22.5. The second-order valence-corrected chi connectivity index (χ2v) is 15.4. The molecule has 0 radical (unpaired) electrons. The molecular formula is C48H57N13O9. The average molecular weight is 960 g/mol. The Morgan fingerprint density at radius 2 is 0.886 bits per heavy atom. The second kappa shape index (κ2) is 33.4. The zero-order valence-electron chi connectivity index (χ0n) is 39.0. The van der Waals surface area contributed by atoms with Gasteiger partial charge in [-0.1, -0.05) is 0 Å². The molecule has 0 fully saturated rings. The summed E-state index contributed by atoms with van der Waals surface area (Å²) in [5.74, 6) is 0. The molecule has 0 bridgehead atoms. The first-order valence-electron chi connectivity index (χ1n) is 22.5. The van der Waals surface area contributed by atoms with Gasteiger partial charge >= 0.3 is 0 Å². The van der Waals surface area contributed by atoms with Gasteiger partial charge in [-0.15, -0.1) is 0 Å². The Hall–Kier alpha value is -7.15. The fraction of sp³-hybridized carbons (Fsp3) is 0.562. The third kappa shape index (κ3) is 18.1. The smallest absolute Gasteiger partial charge is 0.255 e. The lowest BCUT2D eigenvalue weighted by Gasteiger charge is -2.28. The van der Waals surface area contributed by atoms with Gasteiger partial charge in [-0.3, -0.25) is 4.90 Å². The molecule has 0 saturated carbocycles. The van der Waals surface area contributed by atoms with E-state index in [4.69, 9.17) is 54.7 Å². The van der Waals surface area contributed by atoms with Crippen LogP contribution in [0.3, 0.4) is 0 Å². The molecule has 0 saturated heterocycles. The summed E-state index contributed by atoms with van der Waals surface area (Å²) in [4.78, 5) is 15.9. The average Bonchev–Trinajstić information content (AvgIpc) is 3.38. The third-order valence-corrected chi connectivity index (χ3v) is 11.0. The summed E-state index contributed by atoms with van der Waals surface area (Å²) in [7, 11) is 0. The Labute approximate surface area is 409 Å². The first-order chi connectivity index (χ1) is 34.2. The molecule has 0 aromatic carbocycles. The van der Waals surface area contributed by atoms with Crippen LogP contribution in [0.5, 0.6) is 0 Å². The molecule has 0 spiro atoms. The molecule has 6 N–H and O–H groups in total. The minimum Gasteiger partial charge on any atom is -0.395 e. The lowest BCUT2D eigenvalue weighted by Crippen LogP contribution is -2.35. The molecule has 3 atom stereocenters. The Morgan fingerprint density at radius 3 is 1.21 bits per heavy atom. The summed E-state index contributed by atoms with van der Waals surface area (Å²) in [6, 6.07) is 9.57. The number of rotatable bonds is 30. The van der Waals surface area contributed by atoms with E-state index in [1.54, 1.807) is 0 Å². The normalized spacial score (nSPS) is 19.2. The van der Waals surface area contributed by atoms with Gasteiger partial charge in [0.2, 0.25) is 0 Å². The predicted molar refractivity (Wildman–Crippen MR) is 248 cm³/mol. The van der Waals surface area contributed by atoms with E-state index in [-0.39, 0.29) is 113 Å². The van der Waals surface area contributed by atoms with Crippen molar-refractivity contribution in [3.8, 4) is 30.3 Å². The van der Waals surface area contributed by atoms with Gasteiger partial charge in [-0.05, 0) is 24.0 Å². The van der Waals surface area contributed by atoms with Crippen LogP contribution in [0, 0.1) is 82.9 Å². The molecular weight excluding hydrogens is 903 g/mol. The molecule has 3 unspecified atom stereocenters. The number of aliphatic hydroxyl groups is 3. The molecule has 0 aliphatic heterocycles. The van der Waals surface area contributed by atoms with E-state index >= 15 is 0 Å². The highest BCUT2D eigenvalue weighted by atomic mass is 16.5. The summed E-state index contributed by atoms with van der Waals surface area (Å²) < 4.78 is 35.0. The minimum atomic E-state index is -0.449. The van der Waals surface area contributed by atoms with Gasteiger partial charge in [0.25, 0.3) is 11.4 Å². The van der Waals surface area contributed by atoms with E-state index in [2.05, 4.69) is 46.3 Å². The maximum Gasteiger partial charge on any atom is 0.255 e. The van der Waals surface area contributed by atoms with Gasteiger partial charge in [0.15, 0.2) is 11.4 Å². The molecule has 3 rings (SSSR count). The lowest BCUT2D eigenvalue weighted by atomic mass is 9.86. The van der Waals surface area contributed by atoms with Crippen LogP contribution >= 0.6 is 0 Å². The van der Waals surface area contributed by atoms with Crippen molar-refractivity contribution in [2.45, 2.75) is 56.8 Å². The van der Waals surface area contributed by atoms with E-state index in [9.17, 15) is 41.6 Å². The lowest BCUT2D eigenvalue weighted by molar-refractivity contribution is 0.0261. The molecule has 22 heteroatoms. The van der Waals surface area contributed by atoms with Crippen LogP contribution in [0.15, 0.2) is 67.7 Å². The van der Waals surface area contributed by atoms with Gasteiger partial charge < -0.3 is 59.7 Å². The molecule has 368 valence electrons. The quantitative estimate of drug-likeness (QED) is 0.0342. The monoisotopic (exact) mass is 959 g/mol. The number of allylic oxidation sites excluding steroid dienone is 6. The van der Waals surface area contributed by atoms with Gasteiger partial charge in [-0.25, -0.2) is 29.9 Å². The maximum absolute atomic E-state index is 9.96. The molecule has 0 aromatic rings. The fourth-order valence-corrected chi connectivity index (χ4v) is 7.78. The number of hydrogen-bond donors (Lipinski definition) is 6. The highest BCUT2D eigenvalue weighted by Crippen LogP contribution is 2.36. The van der Waals surface area contributed by atoms with Crippen LogP contribution in [0.1, 0.15) is 38.5 Å². The highest BCUT2D eigenvalue weighted by Gasteiger charge is 2.31. The second-order valence-electron chi connectivity index (χ2n) is 15.4. The van der Waals surface area contributed by atoms with Crippen LogP contribution in [0.25, 0.3) is 19.4 Å². The standard InChI is InChI=1S/C48H57N13O9/c1-54-45(32-52)39-24-36(69-21-12-63)27-43(47(39)56-3)59-6-15-66-18-9-61(8-17-65-14-5-58-42-26-35(68-20-11-62)23-38(41(42)31-51)34(29-49)30-50)10-19-67-16-7-60-44-28-37(70-22-13-64)25-40(48(44)57-4)46(33-53)55-2/h35-37,58-60,62-64H,5-28H2/b45-39-,46-40-. The van der Waals surface area contributed by atoms with Crippen molar-refractivity contribution in [3.63, 3.8) is 0 Å². The van der Waals surface area contributed by atoms with Crippen molar-refractivity contribution in [2.24, 2.45) is 0 Å². The van der Waals surface area contributed by atoms with Crippen LogP contribution in [-0.2, 0) is 28.4 Å². The minimum absolute atomic E-state index is 0.0603. The molecule has 3 aliphatic rings. The number of nitrogens with one attached hydrogen (secondary N) is 3. The largest absolute Gasteiger partial charge is 0.395 e. The Morgan fingerprint density at radius 1 is 0.514 bits per heavy atom. The molecule has 70 heavy (non-hydrogen) atoms. The van der Waals surface area contributed by atoms with Crippen molar-refractivity contribution < 1.29 is 43.7 Å². The third-order valence-electron chi connectivity index (χ3n) is 11.0. The Bertz CT molecular complexity index is 2070. The van der Waals surface area contributed by atoms with Crippen molar-refractivity contribution in [3.05, 3.63) is 113 Å². The van der Waals surface area contributed by atoms with E-state index in [1.807, 2.05) is 24.3 Å². The number of ether oxygens (including phenoxy) is 6. The topological polar surface area (TPSA) is 292 Å². The first kappa shape index (κ1) is 57.2. The van der Waals surface area contributed by atoms with Gasteiger partial charge in [-0.2, -0.15) is 15.8 Å². The van der Waals surface area contributed by atoms with Crippen LogP contribution < -0.4 is 16.0 Å². The van der Waals surface area contributed by atoms with Crippen LogP contribution in [-0.4, -0.2) is 157 Å². The number of nitrogens with zero attached hydrogens (tertiary/aromatic N) is 10.